The Morgan fingerprint density at radius 1 is 1.13 bits per heavy atom. The molecule has 1 aliphatic carbocycles. The van der Waals surface area contributed by atoms with Gasteiger partial charge in [-0.1, -0.05) is 19.3 Å². The summed E-state index contributed by atoms with van der Waals surface area (Å²) in [5.74, 6) is -0.251. The van der Waals surface area contributed by atoms with E-state index in [9.17, 15) is 14.4 Å². The summed E-state index contributed by atoms with van der Waals surface area (Å²) in [4.78, 5) is 40.3. The number of carbonyl (C=O) groups is 3. The molecule has 2 N–H and O–H groups in total. The average Bonchev–Trinajstić information content (AvgIpc) is 3.32. The van der Waals surface area contributed by atoms with Gasteiger partial charge in [-0.2, -0.15) is 0 Å². The molecular weight excluding hydrogens is 402 g/mol. The second-order valence-corrected chi connectivity index (χ2v) is 9.21. The van der Waals surface area contributed by atoms with Crippen LogP contribution < -0.4 is 10.6 Å². The van der Waals surface area contributed by atoms with Crippen LogP contribution in [0.25, 0.3) is 0 Å². The molecule has 0 radical (unpaired) electrons. The molecular formula is C22H33N3O4S. The van der Waals surface area contributed by atoms with Gasteiger partial charge in [0.15, 0.2) is 0 Å². The molecule has 2 fully saturated rings. The smallest absolute Gasteiger partial charge is 0.341 e. The van der Waals surface area contributed by atoms with Crippen molar-refractivity contribution in [2.75, 3.05) is 32.1 Å². The summed E-state index contributed by atoms with van der Waals surface area (Å²) in [6.07, 6.45) is 8.71. The van der Waals surface area contributed by atoms with E-state index in [4.69, 9.17) is 4.74 Å². The Morgan fingerprint density at radius 3 is 2.53 bits per heavy atom. The molecule has 1 saturated carbocycles. The largest absolute Gasteiger partial charge is 0.462 e. The highest BCUT2D eigenvalue weighted by molar-refractivity contribution is 7.18. The van der Waals surface area contributed by atoms with Gasteiger partial charge in [0.1, 0.15) is 5.00 Å². The van der Waals surface area contributed by atoms with Crippen LogP contribution in [-0.4, -0.2) is 55.5 Å². The third-order valence-corrected chi connectivity index (χ3v) is 7.47. The molecule has 1 aromatic rings. The zero-order chi connectivity index (χ0) is 21.7. The van der Waals surface area contributed by atoms with E-state index in [0.717, 1.165) is 30.7 Å². The summed E-state index contributed by atoms with van der Waals surface area (Å²) in [5.41, 5.74) is 0.813. The van der Waals surface area contributed by atoms with Crippen molar-refractivity contribution in [1.82, 2.24) is 10.2 Å². The Bertz CT molecular complexity index is 786. The summed E-state index contributed by atoms with van der Waals surface area (Å²) in [6.45, 7) is 4.93. The number of thiophene rings is 1. The Morgan fingerprint density at radius 2 is 1.87 bits per heavy atom. The number of carbonyl (C=O) groups excluding carboxylic acids is 3. The first kappa shape index (κ1) is 22.7. The molecule has 1 saturated heterocycles. The minimum atomic E-state index is -0.516. The zero-order valence-electron chi connectivity index (χ0n) is 18.2. The molecule has 0 bridgehead atoms. The average molecular weight is 436 g/mol. The number of nitrogens with one attached hydrogen (secondary N) is 2. The number of hydrogen-bond donors (Lipinski definition) is 2. The fourth-order valence-corrected chi connectivity index (χ4v) is 5.99. The van der Waals surface area contributed by atoms with Gasteiger partial charge in [0.2, 0.25) is 5.91 Å². The van der Waals surface area contributed by atoms with Crippen molar-refractivity contribution in [2.24, 2.45) is 5.92 Å². The van der Waals surface area contributed by atoms with Crippen molar-refractivity contribution in [2.45, 2.75) is 64.8 Å². The Balaban J connectivity index is 1.73. The van der Waals surface area contributed by atoms with Gasteiger partial charge in [-0.25, -0.2) is 4.79 Å². The van der Waals surface area contributed by atoms with E-state index in [1.807, 2.05) is 0 Å². The molecule has 2 heterocycles. The molecule has 2 aliphatic rings. The van der Waals surface area contributed by atoms with Crippen molar-refractivity contribution in [3.05, 3.63) is 16.0 Å². The van der Waals surface area contributed by atoms with Crippen molar-refractivity contribution in [3.63, 3.8) is 0 Å². The molecule has 30 heavy (non-hydrogen) atoms. The lowest BCUT2D eigenvalue weighted by molar-refractivity contribution is -0.117. The second-order valence-electron chi connectivity index (χ2n) is 8.19. The Labute approximate surface area is 182 Å². The Kier molecular flexibility index (Phi) is 7.88. The van der Waals surface area contributed by atoms with Crippen LogP contribution in [0.3, 0.4) is 0 Å². The third-order valence-electron chi connectivity index (χ3n) is 6.27. The van der Waals surface area contributed by atoms with Gasteiger partial charge in [-0.05, 0) is 57.6 Å². The van der Waals surface area contributed by atoms with Gasteiger partial charge in [0.05, 0.1) is 23.6 Å². The van der Waals surface area contributed by atoms with Gasteiger partial charge < -0.3 is 15.4 Å². The molecule has 7 nitrogen and oxygen atoms in total. The summed E-state index contributed by atoms with van der Waals surface area (Å²) >= 11 is 1.12. The minimum absolute atomic E-state index is 0.145. The summed E-state index contributed by atoms with van der Waals surface area (Å²) in [5, 5.41) is 5.88. The first-order chi connectivity index (χ1) is 14.5. The van der Waals surface area contributed by atoms with Crippen LogP contribution in [0.2, 0.25) is 0 Å². The molecule has 166 valence electrons. The number of likely N-dealkylation sites (tertiary alicyclic amines) is 1. The fraction of sp³-hybridized carbons (Fsp3) is 0.682. The monoisotopic (exact) mass is 435 g/mol. The van der Waals surface area contributed by atoms with Crippen LogP contribution in [0.1, 0.15) is 77.5 Å². The predicted molar refractivity (Wildman–Crippen MR) is 118 cm³/mol. The lowest BCUT2D eigenvalue weighted by Crippen LogP contribution is -2.41. The molecule has 1 aliphatic heterocycles. The quantitative estimate of drug-likeness (QED) is 0.639. The number of nitrogens with zero attached hydrogens (tertiary/aromatic N) is 1. The maximum atomic E-state index is 12.9. The number of esters is 1. The first-order valence-corrected chi connectivity index (χ1v) is 11.8. The molecule has 0 unspecified atom stereocenters. The van der Waals surface area contributed by atoms with Gasteiger partial charge in [0, 0.05) is 13.1 Å². The van der Waals surface area contributed by atoms with Gasteiger partial charge in [-0.15, -0.1) is 11.3 Å². The van der Waals surface area contributed by atoms with Crippen molar-refractivity contribution in [1.29, 1.82) is 0 Å². The van der Waals surface area contributed by atoms with E-state index < -0.39 is 5.97 Å². The maximum absolute atomic E-state index is 12.9. The Hall–Kier alpha value is -1.93. The highest BCUT2D eigenvalue weighted by Gasteiger charge is 2.34. The predicted octanol–water partition coefficient (Wildman–Crippen LogP) is 3.58. The normalized spacial score (nSPS) is 20.2. The van der Waals surface area contributed by atoms with E-state index in [-0.39, 0.29) is 24.0 Å². The summed E-state index contributed by atoms with van der Waals surface area (Å²) in [7, 11) is 1.54. The van der Waals surface area contributed by atoms with E-state index >= 15 is 0 Å². The van der Waals surface area contributed by atoms with Crippen LogP contribution in [0.15, 0.2) is 0 Å². The van der Waals surface area contributed by atoms with Crippen LogP contribution >= 0.6 is 11.3 Å². The van der Waals surface area contributed by atoms with Crippen LogP contribution in [-0.2, 0) is 9.53 Å². The topological polar surface area (TPSA) is 87.7 Å². The lowest BCUT2D eigenvalue weighted by atomic mass is 9.83. The van der Waals surface area contributed by atoms with E-state index in [1.165, 1.54) is 32.1 Å². The zero-order valence-corrected chi connectivity index (χ0v) is 19.0. The number of rotatable bonds is 7. The SMILES string of the molecule is CCOC(=O)c1c(NC(=O)CN2CCC[C@@H]2C2CCCCC2)sc(C(=O)NC)c1C. The van der Waals surface area contributed by atoms with Crippen molar-refractivity contribution in [3.8, 4) is 0 Å². The molecule has 2 amide bonds. The highest BCUT2D eigenvalue weighted by Crippen LogP contribution is 2.35. The van der Waals surface area contributed by atoms with E-state index in [0.29, 0.717) is 33.9 Å². The van der Waals surface area contributed by atoms with Crippen molar-refractivity contribution < 1.29 is 19.1 Å². The molecule has 1 atom stereocenters. The molecule has 0 aromatic carbocycles. The number of ether oxygens (including phenoxy) is 1. The maximum Gasteiger partial charge on any atom is 0.341 e. The van der Waals surface area contributed by atoms with Gasteiger partial charge in [0.25, 0.3) is 5.91 Å². The number of anilines is 1. The van der Waals surface area contributed by atoms with Crippen molar-refractivity contribution >= 4 is 34.1 Å². The van der Waals surface area contributed by atoms with Crippen LogP contribution in [0.5, 0.6) is 0 Å². The number of hydrogen-bond acceptors (Lipinski definition) is 6. The van der Waals surface area contributed by atoms with Gasteiger partial charge >= 0.3 is 5.97 Å². The molecule has 1 aromatic heterocycles. The minimum Gasteiger partial charge on any atom is -0.462 e. The molecule has 3 rings (SSSR count). The second kappa shape index (κ2) is 10.4. The first-order valence-electron chi connectivity index (χ1n) is 11.0. The van der Waals surface area contributed by atoms with Gasteiger partial charge in [-0.3, -0.25) is 14.5 Å². The van der Waals surface area contributed by atoms with E-state index in [1.54, 1.807) is 20.9 Å². The number of amides is 2. The lowest BCUT2D eigenvalue weighted by Gasteiger charge is -2.33. The van der Waals surface area contributed by atoms with Crippen LogP contribution in [0, 0.1) is 12.8 Å². The summed E-state index contributed by atoms with van der Waals surface area (Å²) < 4.78 is 5.16. The third kappa shape index (κ3) is 5.03. The summed E-state index contributed by atoms with van der Waals surface area (Å²) in [6, 6.07) is 0.479. The fourth-order valence-electron chi connectivity index (χ4n) is 4.83. The van der Waals surface area contributed by atoms with Crippen LogP contribution in [0.4, 0.5) is 5.00 Å². The van der Waals surface area contributed by atoms with E-state index in [2.05, 4.69) is 15.5 Å². The molecule has 0 spiro atoms. The standard InChI is InChI=1S/C22H33N3O4S/c1-4-29-22(28)18-14(2)19(20(27)23-3)30-21(18)24-17(26)13-25-12-8-11-16(25)15-9-6-5-7-10-15/h15-16H,4-13H2,1-3H3,(H,23,27)(H,24,26)/t16-/m1/s1. The molecule has 8 heteroatoms. The highest BCUT2D eigenvalue weighted by atomic mass is 32.1.